The molecule has 11 heteroatoms. The van der Waals surface area contributed by atoms with Crippen LogP contribution in [0.1, 0.15) is 5.56 Å². The van der Waals surface area contributed by atoms with Gasteiger partial charge in [-0.15, -0.1) is 0 Å². The summed E-state index contributed by atoms with van der Waals surface area (Å²) in [4.78, 5) is 20.6. The third kappa shape index (κ3) is 6.87. The van der Waals surface area contributed by atoms with Crippen LogP contribution in [0.15, 0.2) is 57.9 Å². The molecule has 0 atom stereocenters. The Hall–Kier alpha value is -2.34. The summed E-state index contributed by atoms with van der Waals surface area (Å²) < 4.78 is 40.7. The molecule has 1 saturated heterocycles. The monoisotopic (exact) mass is 502 g/mol. The maximum atomic E-state index is 13.0. The number of hydrogen-bond donors (Lipinski definition) is 2. The van der Waals surface area contributed by atoms with Gasteiger partial charge < -0.3 is 10.2 Å². The van der Waals surface area contributed by atoms with E-state index in [9.17, 15) is 12.8 Å². The van der Waals surface area contributed by atoms with Crippen LogP contribution in [0, 0.1) is 5.82 Å². The van der Waals surface area contributed by atoms with Crippen LogP contribution >= 0.6 is 15.9 Å². The number of benzene rings is 2. The van der Waals surface area contributed by atoms with E-state index in [0.29, 0.717) is 26.2 Å². The number of nitrogens with zero attached hydrogens (tertiary/aromatic N) is 2. The number of hydrogen-bond acceptors (Lipinski definition) is 5. The molecular formula is C19H20BrFN2O6S. The summed E-state index contributed by atoms with van der Waals surface area (Å²) in [6.45, 7) is 3.04. The van der Waals surface area contributed by atoms with Gasteiger partial charge in [0.2, 0.25) is 10.0 Å². The smallest absolute Gasteiger partial charge is 0.414 e. The highest BCUT2D eigenvalue weighted by atomic mass is 79.9. The summed E-state index contributed by atoms with van der Waals surface area (Å²) in [7, 11) is -3.55. The molecule has 8 nitrogen and oxygen atoms in total. The molecule has 0 aliphatic carbocycles. The lowest BCUT2D eigenvalue weighted by molar-refractivity contribution is -0.159. The second kappa shape index (κ2) is 10.6. The zero-order valence-corrected chi connectivity index (χ0v) is 18.1. The van der Waals surface area contributed by atoms with E-state index in [1.807, 2.05) is 12.1 Å². The van der Waals surface area contributed by atoms with Crippen LogP contribution in [0.2, 0.25) is 0 Å². The summed E-state index contributed by atoms with van der Waals surface area (Å²) in [5.41, 5.74) is 1.20. The zero-order chi connectivity index (χ0) is 22.3. The first-order chi connectivity index (χ1) is 14.1. The van der Waals surface area contributed by atoms with Crippen LogP contribution in [0.25, 0.3) is 0 Å². The maximum absolute atomic E-state index is 13.0. The highest BCUT2D eigenvalue weighted by molar-refractivity contribution is 9.10. The number of halogens is 2. The van der Waals surface area contributed by atoms with E-state index >= 15 is 0 Å². The molecule has 1 heterocycles. The Morgan fingerprint density at radius 2 is 1.40 bits per heavy atom. The van der Waals surface area contributed by atoms with E-state index in [2.05, 4.69) is 33.0 Å². The molecule has 2 aromatic rings. The summed E-state index contributed by atoms with van der Waals surface area (Å²) in [5.74, 6) is -4.08. The predicted molar refractivity (Wildman–Crippen MR) is 110 cm³/mol. The van der Waals surface area contributed by atoms with Gasteiger partial charge in [0.15, 0.2) is 0 Å². The standard InChI is InChI=1S/C17H18BrFN2O2S.C2H2O4/c18-15-3-1-14(2-4-15)13-20-9-11-21(12-10-20)24(22,23)17-7-5-16(19)6-8-17;3-1(4)2(5)6/h1-8H,9-13H2;(H,3,4)(H,5,6). The van der Waals surface area contributed by atoms with Crippen molar-refractivity contribution in [3.8, 4) is 0 Å². The summed E-state index contributed by atoms with van der Waals surface area (Å²) in [6, 6.07) is 13.1. The van der Waals surface area contributed by atoms with E-state index in [1.54, 1.807) is 0 Å². The van der Waals surface area contributed by atoms with Crippen molar-refractivity contribution >= 4 is 37.9 Å². The SMILES string of the molecule is O=C(O)C(=O)O.O=S(=O)(c1ccc(F)cc1)N1CCN(Cc2ccc(Br)cc2)CC1. The van der Waals surface area contributed by atoms with Crippen LogP contribution in [-0.2, 0) is 26.2 Å². The van der Waals surface area contributed by atoms with Crippen molar-refractivity contribution in [3.05, 3.63) is 64.4 Å². The number of sulfonamides is 1. The molecule has 0 bridgehead atoms. The first-order valence-electron chi connectivity index (χ1n) is 8.78. The van der Waals surface area contributed by atoms with E-state index < -0.39 is 27.8 Å². The average Bonchev–Trinajstić information content (AvgIpc) is 2.71. The first kappa shape index (κ1) is 23.9. The molecule has 0 amide bonds. The summed E-state index contributed by atoms with van der Waals surface area (Å²) in [5, 5.41) is 14.8. The van der Waals surface area contributed by atoms with Crippen molar-refractivity contribution in [3.63, 3.8) is 0 Å². The van der Waals surface area contributed by atoms with Gasteiger partial charge in [0.25, 0.3) is 0 Å². The molecule has 1 aliphatic rings. The van der Waals surface area contributed by atoms with Crippen LogP contribution in [0.3, 0.4) is 0 Å². The fraction of sp³-hybridized carbons (Fsp3) is 0.263. The van der Waals surface area contributed by atoms with Crippen molar-refractivity contribution in [2.45, 2.75) is 11.4 Å². The van der Waals surface area contributed by atoms with Gasteiger partial charge in [0, 0.05) is 37.2 Å². The van der Waals surface area contributed by atoms with Crippen molar-refractivity contribution < 1.29 is 32.6 Å². The Labute approximate surface area is 181 Å². The van der Waals surface area contributed by atoms with Gasteiger partial charge >= 0.3 is 11.9 Å². The average molecular weight is 503 g/mol. The minimum Gasteiger partial charge on any atom is -0.473 e. The van der Waals surface area contributed by atoms with Gasteiger partial charge in [-0.2, -0.15) is 4.31 Å². The lowest BCUT2D eigenvalue weighted by Crippen LogP contribution is -2.48. The predicted octanol–water partition coefficient (Wildman–Crippen LogP) is 2.25. The molecule has 30 heavy (non-hydrogen) atoms. The topological polar surface area (TPSA) is 115 Å². The molecule has 0 unspecified atom stereocenters. The summed E-state index contributed by atoms with van der Waals surface area (Å²) in [6.07, 6.45) is 0. The number of carbonyl (C=O) groups is 2. The van der Waals surface area contributed by atoms with E-state index in [0.717, 1.165) is 11.0 Å². The number of rotatable bonds is 4. The second-order valence-electron chi connectivity index (χ2n) is 6.37. The Bertz CT molecular complexity index is 963. The Morgan fingerprint density at radius 1 is 0.900 bits per heavy atom. The van der Waals surface area contributed by atoms with E-state index in [1.165, 1.54) is 34.1 Å². The number of carboxylic acids is 2. The molecule has 0 radical (unpaired) electrons. The molecule has 1 aliphatic heterocycles. The fourth-order valence-corrected chi connectivity index (χ4v) is 4.42. The van der Waals surface area contributed by atoms with Gasteiger partial charge in [0.1, 0.15) is 5.82 Å². The van der Waals surface area contributed by atoms with Crippen LogP contribution in [0.4, 0.5) is 4.39 Å². The van der Waals surface area contributed by atoms with Crippen LogP contribution in [-0.4, -0.2) is 66.0 Å². The second-order valence-corrected chi connectivity index (χ2v) is 9.22. The minimum absolute atomic E-state index is 0.144. The maximum Gasteiger partial charge on any atom is 0.414 e. The number of piperazine rings is 1. The lowest BCUT2D eigenvalue weighted by atomic mass is 10.2. The third-order valence-electron chi connectivity index (χ3n) is 4.29. The summed E-state index contributed by atoms with van der Waals surface area (Å²) >= 11 is 3.42. The van der Waals surface area contributed by atoms with Gasteiger partial charge in [-0.1, -0.05) is 28.1 Å². The largest absolute Gasteiger partial charge is 0.473 e. The number of carboxylic acid groups (broad SMARTS) is 2. The van der Waals surface area contributed by atoms with Crippen LogP contribution < -0.4 is 0 Å². The van der Waals surface area contributed by atoms with Gasteiger partial charge in [-0.05, 0) is 42.0 Å². The van der Waals surface area contributed by atoms with Crippen molar-refractivity contribution in [2.75, 3.05) is 26.2 Å². The van der Waals surface area contributed by atoms with Gasteiger partial charge in [-0.3, -0.25) is 4.90 Å². The molecule has 0 aromatic heterocycles. The van der Waals surface area contributed by atoms with Gasteiger partial charge in [-0.25, -0.2) is 22.4 Å². The van der Waals surface area contributed by atoms with Crippen molar-refractivity contribution in [1.82, 2.24) is 9.21 Å². The quantitative estimate of drug-likeness (QED) is 0.615. The third-order valence-corrected chi connectivity index (χ3v) is 6.73. The normalized spacial score (nSPS) is 15.1. The lowest BCUT2D eigenvalue weighted by Gasteiger charge is -2.34. The molecule has 2 aromatic carbocycles. The fourth-order valence-electron chi connectivity index (χ4n) is 2.73. The minimum atomic E-state index is -3.55. The molecule has 1 fully saturated rings. The molecular weight excluding hydrogens is 483 g/mol. The van der Waals surface area contributed by atoms with Crippen molar-refractivity contribution in [1.29, 1.82) is 0 Å². The zero-order valence-electron chi connectivity index (χ0n) is 15.7. The number of aliphatic carboxylic acids is 2. The van der Waals surface area contributed by atoms with Crippen LogP contribution in [0.5, 0.6) is 0 Å². The van der Waals surface area contributed by atoms with E-state index in [-0.39, 0.29) is 4.90 Å². The highest BCUT2D eigenvalue weighted by Crippen LogP contribution is 2.19. The molecule has 2 N–H and O–H groups in total. The molecule has 0 spiro atoms. The van der Waals surface area contributed by atoms with Gasteiger partial charge in [0.05, 0.1) is 4.90 Å². The highest BCUT2D eigenvalue weighted by Gasteiger charge is 2.28. The molecule has 0 saturated carbocycles. The molecule has 162 valence electrons. The first-order valence-corrected chi connectivity index (χ1v) is 11.0. The Morgan fingerprint density at radius 3 is 1.87 bits per heavy atom. The van der Waals surface area contributed by atoms with E-state index in [4.69, 9.17) is 19.8 Å². The Kier molecular flexibility index (Phi) is 8.47. The van der Waals surface area contributed by atoms with Crippen molar-refractivity contribution in [2.24, 2.45) is 0 Å². The molecule has 3 rings (SSSR count). The Balaban J connectivity index is 0.000000469.